The van der Waals surface area contributed by atoms with Crippen LogP contribution in [-0.2, 0) is 24.4 Å². The van der Waals surface area contributed by atoms with Crippen molar-refractivity contribution < 1.29 is 9.53 Å². The lowest BCUT2D eigenvalue weighted by atomic mass is 10.1. The average molecular weight is 419 g/mol. The normalized spacial score (nSPS) is 14.5. The molecule has 2 heterocycles. The Morgan fingerprint density at radius 2 is 1.71 bits per heavy atom. The Kier molecular flexibility index (Phi) is 6.79. The van der Waals surface area contributed by atoms with Gasteiger partial charge in [0.25, 0.3) is 5.91 Å². The third kappa shape index (κ3) is 5.60. The Labute approximate surface area is 183 Å². The number of nitrogens with zero attached hydrogens (tertiary/aromatic N) is 3. The van der Waals surface area contributed by atoms with E-state index in [4.69, 9.17) is 4.74 Å². The summed E-state index contributed by atoms with van der Waals surface area (Å²) in [5.74, 6) is -0.0566. The standard InChI is InChI=1S/C25H30N4O2/c1-19-15-20(2)29(27-19)17-21-7-9-22(10-8-21)25(30)26-16-23-5-3-4-6-24(23)18-28-11-13-31-14-12-28/h3-10,15H,11-14,16-18H2,1-2H3,(H,26,30). The van der Waals surface area contributed by atoms with Crippen LogP contribution in [0.1, 0.15) is 38.4 Å². The molecule has 0 atom stereocenters. The molecule has 0 saturated carbocycles. The van der Waals surface area contributed by atoms with Crippen LogP contribution in [0.25, 0.3) is 0 Å². The number of amides is 1. The SMILES string of the molecule is Cc1cc(C)n(Cc2ccc(C(=O)NCc3ccccc3CN3CCOCC3)cc2)n1. The number of carbonyl (C=O) groups excluding carboxylic acids is 1. The Balaban J connectivity index is 1.35. The fourth-order valence-corrected chi connectivity index (χ4v) is 3.93. The molecule has 1 aliphatic rings. The second-order valence-corrected chi connectivity index (χ2v) is 8.12. The minimum absolute atomic E-state index is 0.0566. The molecule has 1 amide bonds. The van der Waals surface area contributed by atoms with Crippen molar-refractivity contribution in [2.75, 3.05) is 26.3 Å². The molecule has 0 radical (unpaired) electrons. The van der Waals surface area contributed by atoms with Gasteiger partial charge in [0.2, 0.25) is 0 Å². The van der Waals surface area contributed by atoms with Crippen molar-refractivity contribution in [2.24, 2.45) is 0 Å². The summed E-state index contributed by atoms with van der Waals surface area (Å²) in [6.07, 6.45) is 0. The van der Waals surface area contributed by atoms with E-state index in [9.17, 15) is 4.79 Å². The zero-order valence-corrected chi connectivity index (χ0v) is 18.3. The van der Waals surface area contributed by atoms with Gasteiger partial charge in [-0.15, -0.1) is 0 Å². The van der Waals surface area contributed by atoms with Gasteiger partial charge in [-0.05, 0) is 48.7 Å². The smallest absolute Gasteiger partial charge is 0.251 e. The molecule has 1 saturated heterocycles. The predicted octanol–water partition coefficient (Wildman–Crippen LogP) is 3.31. The lowest BCUT2D eigenvalue weighted by Gasteiger charge is -2.27. The number of hydrogen-bond acceptors (Lipinski definition) is 4. The summed E-state index contributed by atoms with van der Waals surface area (Å²) < 4.78 is 7.42. The Morgan fingerprint density at radius 1 is 1.00 bits per heavy atom. The lowest BCUT2D eigenvalue weighted by molar-refractivity contribution is 0.0340. The van der Waals surface area contributed by atoms with Gasteiger partial charge in [-0.1, -0.05) is 36.4 Å². The zero-order chi connectivity index (χ0) is 21.6. The molecule has 0 bridgehead atoms. The van der Waals surface area contributed by atoms with Gasteiger partial charge in [-0.3, -0.25) is 14.4 Å². The third-order valence-electron chi connectivity index (χ3n) is 5.71. The first kappa shape index (κ1) is 21.3. The number of rotatable bonds is 7. The highest BCUT2D eigenvalue weighted by Crippen LogP contribution is 2.14. The van der Waals surface area contributed by atoms with Crippen LogP contribution in [0.5, 0.6) is 0 Å². The van der Waals surface area contributed by atoms with E-state index < -0.39 is 0 Å². The highest BCUT2D eigenvalue weighted by atomic mass is 16.5. The van der Waals surface area contributed by atoms with E-state index in [-0.39, 0.29) is 5.91 Å². The molecular formula is C25H30N4O2. The maximum Gasteiger partial charge on any atom is 0.251 e. The van der Waals surface area contributed by atoms with E-state index in [2.05, 4.69) is 46.5 Å². The van der Waals surface area contributed by atoms with Crippen molar-refractivity contribution in [3.8, 4) is 0 Å². The number of aryl methyl sites for hydroxylation is 2. The Hall–Kier alpha value is -2.96. The molecule has 1 aliphatic heterocycles. The topological polar surface area (TPSA) is 59.4 Å². The maximum absolute atomic E-state index is 12.7. The maximum atomic E-state index is 12.7. The van der Waals surface area contributed by atoms with Crippen molar-refractivity contribution in [2.45, 2.75) is 33.5 Å². The van der Waals surface area contributed by atoms with Gasteiger partial charge in [-0.25, -0.2) is 0 Å². The molecule has 0 aliphatic carbocycles. The van der Waals surface area contributed by atoms with Crippen LogP contribution in [-0.4, -0.2) is 46.9 Å². The first-order chi connectivity index (χ1) is 15.1. The number of benzene rings is 2. The largest absolute Gasteiger partial charge is 0.379 e. The second-order valence-electron chi connectivity index (χ2n) is 8.12. The van der Waals surface area contributed by atoms with Crippen LogP contribution >= 0.6 is 0 Å². The van der Waals surface area contributed by atoms with Crippen LogP contribution in [0.2, 0.25) is 0 Å². The summed E-state index contributed by atoms with van der Waals surface area (Å²) in [5, 5.41) is 7.58. The molecule has 1 N–H and O–H groups in total. The van der Waals surface area contributed by atoms with Gasteiger partial charge in [0.1, 0.15) is 0 Å². The third-order valence-corrected chi connectivity index (χ3v) is 5.71. The van der Waals surface area contributed by atoms with Crippen molar-refractivity contribution in [1.29, 1.82) is 0 Å². The summed E-state index contributed by atoms with van der Waals surface area (Å²) in [7, 11) is 0. The van der Waals surface area contributed by atoms with E-state index in [1.807, 2.05) is 41.9 Å². The number of carbonyl (C=O) groups is 1. The van der Waals surface area contributed by atoms with E-state index in [0.717, 1.165) is 55.4 Å². The van der Waals surface area contributed by atoms with Crippen molar-refractivity contribution >= 4 is 5.91 Å². The molecule has 0 unspecified atom stereocenters. The lowest BCUT2D eigenvalue weighted by Crippen LogP contribution is -2.36. The molecule has 1 fully saturated rings. The average Bonchev–Trinajstić information content (AvgIpc) is 3.10. The fraction of sp³-hybridized carbons (Fsp3) is 0.360. The van der Waals surface area contributed by atoms with Crippen LogP contribution in [0, 0.1) is 13.8 Å². The quantitative estimate of drug-likeness (QED) is 0.640. The number of hydrogen-bond donors (Lipinski definition) is 1. The van der Waals surface area contributed by atoms with Crippen molar-refractivity contribution in [1.82, 2.24) is 20.0 Å². The molecule has 3 aromatic rings. The molecule has 0 spiro atoms. The Morgan fingerprint density at radius 3 is 2.39 bits per heavy atom. The molecule has 4 rings (SSSR count). The summed E-state index contributed by atoms with van der Waals surface area (Å²) in [5.41, 5.74) is 6.35. The molecule has 31 heavy (non-hydrogen) atoms. The summed E-state index contributed by atoms with van der Waals surface area (Å²) in [6.45, 7) is 9.63. The van der Waals surface area contributed by atoms with Crippen LogP contribution in [0.3, 0.4) is 0 Å². The number of morpholine rings is 1. The summed E-state index contributed by atoms with van der Waals surface area (Å²) in [6, 6.07) is 18.2. The zero-order valence-electron chi connectivity index (χ0n) is 18.3. The van der Waals surface area contributed by atoms with Gasteiger partial charge in [0, 0.05) is 37.4 Å². The van der Waals surface area contributed by atoms with Crippen molar-refractivity contribution in [3.63, 3.8) is 0 Å². The van der Waals surface area contributed by atoms with Gasteiger partial charge in [-0.2, -0.15) is 5.10 Å². The number of aromatic nitrogens is 2. The number of nitrogens with one attached hydrogen (secondary N) is 1. The first-order valence-corrected chi connectivity index (χ1v) is 10.8. The minimum atomic E-state index is -0.0566. The molecule has 6 heteroatoms. The molecule has 2 aromatic carbocycles. The monoisotopic (exact) mass is 418 g/mol. The van der Waals surface area contributed by atoms with Crippen molar-refractivity contribution in [3.05, 3.63) is 88.2 Å². The molecular weight excluding hydrogens is 388 g/mol. The predicted molar refractivity (Wildman–Crippen MR) is 121 cm³/mol. The molecule has 1 aromatic heterocycles. The summed E-state index contributed by atoms with van der Waals surface area (Å²) in [4.78, 5) is 15.1. The van der Waals surface area contributed by atoms with Crippen LogP contribution in [0.4, 0.5) is 0 Å². The highest BCUT2D eigenvalue weighted by Gasteiger charge is 2.13. The van der Waals surface area contributed by atoms with Gasteiger partial charge >= 0.3 is 0 Å². The van der Waals surface area contributed by atoms with E-state index in [0.29, 0.717) is 18.7 Å². The fourth-order valence-electron chi connectivity index (χ4n) is 3.93. The first-order valence-electron chi connectivity index (χ1n) is 10.8. The highest BCUT2D eigenvalue weighted by molar-refractivity contribution is 5.94. The van der Waals surface area contributed by atoms with Crippen LogP contribution in [0.15, 0.2) is 54.6 Å². The Bertz CT molecular complexity index is 1020. The van der Waals surface area contributed by atoms with Gasteiger partial charge in [0.05, 0.1) is 25.5 Å². The molecule has 6 nitrogen and oxygen atoms in total. The molecule has 162 valence electrons. The van der Waals surface area contributed by atoms with Gasteiger partial charge < -0.3 is 10.1 Å². The second kappa shape index (κ2) is 9.90. The summed E-state index contributed by atoms with van der Waals surface area (Å²) >= 11 is 0. The minimum Gasteiger partial charge on any atom is -0.379 e. The van der Waals surface area contributed by atoms with E-state index in [1.54, 1.807) is 0 Å². The van der Waals surface area contributed by atoms with Crippen LogP contribution < -0.4 is 5.32 Å². The van der Waals surface area contributed by atoms with Gasteiger partial charge in [0.15, 0.2) is 0 Å². The van der Waals surface area contributed by atoms with E-state index >= 15 is 0 Å². The number of ether oxygens (including phenoxy) is 1. The van der Waals surface area contributed by atoms with E-state index in [1.165, 1.54) is 5.56 Å².